The van der Waals surface area contributed by atoms with Gasteiger partial charge in [0.15, 0.2) is 6.61 Å². The zero-order valence-corrected chi connectivity index (χ0v) is 17.3. The predicted octanol–water partition coefficient (Wildman–Crippen LogP) is 5.17. The first-order valence-corrected chi connectivity index (χ1v) is 10.3. The summed E-state index contributed by atoms with van der Waals surface area (Å²) in [5.74, 6) is -1.16. The van der Waals surface area contributed by atoms with Gasteiger partial charge in [0.2, 0.25) is 0 Å². The van der Waals surface area contributed by atoms with Crippen molar-refractivity contribution in [2.75, 3.05) is 11.9 Å². The van der Waals surface area contributed by atoms with Crippen molar-refractivity contribution < 1.29 is 27.5 Å². The molecule has 4 rings (SSSR count). The summed E-state index contributed by atoms with van der Waals surface area (Å²) >= 11 is 0. The Hall–Kier alpha value is -3.42. The minimum Gasteiger partial charge on any atom is -0.452 e. The molecule has 1 N–H and O–H groups in total. The number of benzene rings is 2. The number of fused-ring (bicyclic) bond motifs is 2. The second-order valence-corrected chi connectivity index (χ2v) is 7.94. The number of hydrogen-bond donors (Lipinski definition) is 1. The molecule has 1 aromatic heterocycles. The lowest BCUT2D eigenvalue weighted by atomic mass is 9.84. The van der Waals surface area contributed by atoms with Crippen molar-refractivity contribution >= 4 is 28.5 Å². The van der Waals surface area contributed by atoms with Crippen LogP contribution < -0.4 is 5.32 Å². The molecule has 0 unspecified atom stereocenters. The van der Waals surface area contributed by atoms with Crippen molar-refractivity contribution in [1.29, 1.82) is 0 Å². The van der Waals surface area contributed by atoms with Gasteiger partial charge in [0.25, 0.3) is 5.91 Å². The highest BCUT2D eigenvalue weighted by Gasteiger charge is 2.33. The summed E-state index contributed by atoms with van der Waals surface area (Å²) in [7, 11) is 0. The Morgan fingerprint density at radius 3 is 2.62 bits per heavy atom. The first-order chi connectivity index (χ1) is 15.2. The minimum atomic E-state index is -4.62. The van der Waals surface area contributed by atoms with Crippen LogP contribution in [-0.2, 0) is 28.5 Å². The van der Waals surface area contributed by atoms with Crippen LogP contribution in [0.1, 0.15) is 40.5 Å². The molecule has 0 saturated carbocycles. The molecule has 1 heterocycles. The number of nitrogens with one attached hydrogen (secondary N) is 1. The number of carbonyl (C=O) groups excluding carboxylic acids is 2. The molecule has 5 nitrogen and oxygen atoms in total. The quantitative estimate of drug-likeness (QED) is 0.566. The fourth-order valence-electron chi connectivity index (χ4n) is 4.02. The Morgan fingerprint density at radius 2 is 1.84 bits per heavy atom. The molecule has 0 spiro atoms. The van der Waals surface area contributed by atoms with Gasteiger partial charge in [0.1, 0.15) is 0 Å². The average molecular weight is 442 g/mol. The first kappa shape index (κ1) is 21.8. The van der Waals surface area contributed by atoms with Gasteiger partial charge >= 0.3 is 12.1 Å². The molecule has 8 heteroatoms. The van der Waals surface area contributed by atoms with E-state index in [0.717, 1.165) is 36.2 Å². The molecule has 0 aliphatic heterocycles. The van der Waals surface area contributed by atoms with Gasteiger partial charge in [-0.05, 0) is 48.9 Å². The van der Waals surface area contributed by atoms with Crippen molar-refractivity contribution in [3.8, 4) is 0 Å². The number of amides is 1. The molecule has 0 bridgehead atoms. The summed E-state index contributed by atoms with van der Waals surface area (Å²) in [5, 5.41) is 2.81. The number of aromatic nitrogens is 1. The Labute approximate surface area is 182 Å². The summed E-state index contributed by atoms with van der Waals surface area (Å²) in [4.78, 5) is 30.0. The normalized spacial score (nSPS) is 15.8. The molecular weight excluding hydrogens is 421 g/mol. The zero-order valence-electron chi connectivity index (χ0n) is 17.3. The van der Waals surface area contributed by atoms with Crippen LogP contribution >= 0.6 is 0 Å². The highest BCUT2D eigenvalue weighted by Crippen LogP contribution is 2.35. The first-order valence-electron chi connectivity index (χ1n) is 10.3. The molecular formula is C24H21F3N2O3. The van der Waals surface area contributed by atoms with Gasteiger partial charge in [-0.3, -0.25) is 9.78 Å². The van der Waals surface area contributed by atoms with E-state index in [4.69, 9.17) is 4.74 Å². The Morgan fingerprint density at radius 1 is 1.12 bits per heavy atom. The van der Waals surface area contributed by atoms with Crippen molar-refractivity contribution in [2.45, 2.75) is 32.4 Å². The number of rotatable bonds is 4. The number of ether oxygens (including phenoxy) is 1. The Bertz CT molecular complexity index is 1190. The van der Waals surface area contributed by atoms with E-state index in [1.54, 1.807) is 12.1 Å². The topological polar surface area (TPSA) is 68.3 Å². The number of esters is 1. The van der Waals surface area contributed by atoms with Gasteiger partial charge in [0.05, 0.1) is 22.3 Å². The van der Waals surface area contributed by atoms with Gasteiger partial charge in [0, 0.05) is 11.1 Å². The van der Waals surface area contributed by atoms with Gasteiger partial charge in [-0.2, -0.15) is 13.2 Å². The van der Waals surface area contributed by atoms with Crippen LogP contribution in [0.25, 0.3) is 10.9 Å². The summed E-state index contributed by atoms with van der Waals surface area (Å²) in [6.45, 7) is 1.39. The summed E-state index contributed by atoms with van der Waals surface area (Å²) < 4.78 is 44.6. The summed E-state index contributed by atoms with van der Waals surface area (Å²) in [5.41, 5.74) is 1.34. The maximum atomic E-state index is 13.1. The van der Waals surface area contributed by atoms with Gasteiger partial charge in [-0.25, -0.2) is 4.79 Å². The van der Waals surface area contributed by atoms with E-state index in [9.17, 15) is 22.8 Å². The SMILES string of the molecule is C[C@H]1CCc2nc3ccccc3c(C(=O)OCC(=O)Nc3ccccc3C(F)(F)F)c2C1. The third kappa shape index (κ3) is 4.44. The molecule has 166 valence electrons. The van der Waals surface area contributed by atoms with Gasteiger partial charge in [-0.15, -0.1) is 0 Å². The second kappa shape index (κ2) is 8.61. The summed E-state index contributed by atoms with van der Waals surface area (Å²) in [6, 6.07) is 11.8. The zero-order chi connectivity index (χ0) is 22.9. The number of pyridine rings is 1. The maximum absolute atomic E-state index is 13.1. The highest BCUT2D eigenvalue weighted by atomic mass is 19.4. The average Bonchev–Trinajstić information content (AvgIpc) is 2.75. The van der Waals surface area contributed by atoms with Crippen LogP contribution in [0.15, 0.2) is 48.5 Å². The molecule has 32 heavy (non-hydrogen) atoms. The Balaban J connectivity index is 1.56. The number of nitrogens with zero attached hydrogens (tertiary/aromatic N) is 1. The van der Waals surface area contributed by atoms with E-state index >= 15 is 0 Å². The van der Waals surface area contributed by atoms with Crippen molar-refractivity contribution in [1.82, 2.24) is 4.98 Å². The van der Waals surface area contributed by atoms with Crippen LogP contribution in [0.3, 0.4) is 0 Å². The van der Waals surface area contributed by atoms with E-state index in [-0.39, 0.29) is 5.69 Å². The number of hydrogen-bond acceptors (Lipinski definition) is 4. The van der Waals surface area contributed by atoms with E-state index in [1.807, 2.05) is 12.1 Å². The molecule has 1 aliphatic rings. The smallest absolute Gasteiger partial charge is 0.418 e. The lowest BCUT2D eigenvalue weighted by molar-refractivity contribution is -0.137. The molecule has 0 saturated heterocycles. The third-order valence-corrected chi connectivity index (χ3v) is 5.55. The van der Waals surface area contributed by atoms with Crippen molar-refractivity contribution in [3.05, 3.63) is 70.9 Å². The number of anilines is 1. The largest absolute Gasteiger partial charge is 0.452 e. The lowest BCUT2D eigenvalue weighted by Gasteiger charge is -2.24. The predicted molar refractivity (Wildman–Crippen MR) is 113 cm³/mol. The van der Waals surface area contributed by atoms with Gasteiger partial charge < -0.3 is 10.1 Å². The highest BCUT2D eigenvalue weighted by molar-refractivity contribution is 6.06. The number of alkyl halides is 3. The molecule has 3 aromatic rings. The molecule has 2 aromatic carbocycles. The van der Waals surface area contributed by atoms with Crippen LogP contribution in [0.2, 0.25) is 0 Å². The number of para-hydroxylation sites is 2. The molecule has 1 aliphatic carbocycles. The molecule has 0 radical (unpaired) electrons. The van der Waals surface area contributed by atoms with Crippen LogP contribution in [0.5, 0.6) is 0 Å². The van der Waals surface area contributed by atoms with Crippen molar-refractivity contribution in [2.24, 2.45) is 5.92 Å². The number of carbonyl (C=O) groups is 2. The van der Waals surface area contributed by atoms with E-state index in [2.05, 4.69) is 17.2 Å². The lowest BCUT2D eigenvalue weighted by Crippen LogP contribution is -2.24. The van der Waals surface area contributed by atoms with E-state index in [1.165, 1.54) is 12.1 Å². The monoisotopic (exact) mass is 442 g/mol. The maximum Gasteiger partial charge on any atom is 0.418 e. The number of halogens is 3. The molecule has 1 atom stereocenters. The van der Waals surface area contributed by atoms with E-state index < -0.39 is 30.2 Å². The minimum absolute atomic E-state index is 0.374. The van der Waals surface area contributed by atoms with Crippen LogP contribution in [-0.4, -0.2) is 23.5 Å². The van der Waals surface area contributed by atoms with Crippen LogP contribution in [0.4, 0.5) is 18.9 Å². The van der Waals surface area contributed by atoms with Gasteiger partial charge in [-0.1, -0.05) is 37.3 Å². The Kier molecular flexibility index (Phi) is 5.86. The molecule has 0 fully saturated rings. The van der Waals surface area contributed by atoms with Crippen LogP contribution in [0, 0.1) is 5.92 Å². The number of aryl methyl sites for hydroxylation is 1. The summed E-state index contributed by atoms with van der Waals surface area (Å²) in [6.07, 6.45) is -2.24. The van der Waals surface area contributed by atoms with E-state index in [0.29, 0.717) is 28.8 Å². The third-order valence-electron chi connectivity index (χ3n) is 5.55. The molecule has 1 amide bonds. The second-order valence-electron chi connectivity index (χ2n) is 7.94. The van der Waals surface area contributed by atoms with Crippen molar-refractivity contribution in [3.63, 3.8) is 0 Å². The fourth-order valence-corrected chi connectivity index (χ4v) is 4.02. The fraction of sp³-hybridized carbons (Fsp3) is 0.292. The standard InChI is InChI=1S/C24H21F3N2O3/c1-14-10-11-19-16(12-14)22(15-6-2-4-8-18(15)28-19)23(31)32-13-21(30)29-20-9-5-3-7-17(20)24(25,26)27/h2-9,14H,10-13H2,1H3,(H,29,30)/t14-/m0/s1.